The Hall–Kier alpha value is -7.22. The SMILES string of the molecule is CC1C=CC2=C(C1)C1(c3ccccc32)c2cc(N(c3ccccc3)c3cccc(C4=CCCC=C4)c3)ccc2C2C=CC(c3cc(-c4ccccc4)cc(-c4ccccc4)c3)=CC21. The molecule has 12 rings (SSSR count). The molecule has 1 nitrogen and oxygen atoms in total. The van der Waals surface area contributed by atoms with Crippen LogP contribution in [-0.2, 0) is 5.41 Å². The van der Waals surface area contributed by atoms with Gasteiger partial charge >= 0.3 is 0 Å². The fourth-order valence-electron chi connectivity index (χ4n) is 11.5. The van der Waals surface area contributed by atoms with E-state index in [1.54, 1.807) is 5.57 Å². The molecule has 0 aromatic heterocycles. The first-order valence-electron chi connectivity index (χ1n) is 22.8. The molecule has 7 aromatic rings. The zero-order chi connectivity index (χ0) is 41.9. The average Bonchev–Trinajstić information content (AvgIpc) is 3.81. The molecular weight excluding hydrogens is 759 g/mol. The second-order valence-corrected chi connectivity index (χ2v) is 18.0. The van der Waals surface area contributed by atoms with Crippen molar-refractivity contribution in [3.8, 4) is 22.3 Å². The van der Waals surface area contributed by atoms with E-state index < -0.39 is 0 Å². The minimum atomic E-state index is -0.335. The van der Waals surface area contributed by atoms with Crippen molar-refractivity contribution in [3.05, 3.63) is 263 Å². The zero-order valence-corrected chi connectivity index (χ0v) is 35.7. The summed E-state index contributed by atoms with van der Waals surface area (Å²) in [5.74, 6) is 0.864. The van der Waals surface area contributed by atoms with E-state index in [0.29, 0.717) is 5.92 Å². The van der Waals surface area contributed by atoms with Gasteiger partial charge in [0.05, 0.1) is 5.41 Å². The number of rotatable bonds is 7. The molecule has 5 aliphatic carbocycles. The first kappa shape index (κ1) is 37.5. The lowest BCUT2D eigenvalue weighted by Crippen LogP contribution is -2.35. The summed E-state index contributed by atoms with van der Waals surface area (Å²) in [4.78, 5) is 2.48. The lowest BCUT2D eigenvalue weighted by molar-refractivity contribution is 0.435. The van der Waals surface area contributed by atoms with Crippen LogP contribution >= 0.6 is 0 Å². The van der Waals surface area contributed by atoms with E-state index in [1.165, 1.54) is 83.7 Å². The normalized spacial score (nSPS) is 21.4. The monoisotopic (exact) mass is 807 g/mol. The molecule has 1 spiro atoms. The molecule has 0 amide bonds. The van der Waals surface area contributed by atoms with Crippen LogP contribution in [-0.4, -0.2) is 0 Å². The minimum absolute atomic E-state index is 0.189. The topological polar surface area (TPSA) is 3.24 Å². The van der Waals surface area contributed by atoms with Gasteiger partial charge in [0.15, 0.2) is 0 Å². The van der Waals surface area contributed by atoms with Crippen LogP contribution in [0.2, 0.25) is 0 Å². The fourth-order valence-corrected chi connectivity index (χ4v) is 11.5. The summed E-state index contributed by atoms with van der Waals surface area (Å²) in [5.41, 5.74) is 21.9. The van der Waals surface area contributed by atoms with E-state index in [4.69, 9.17) is 0 Å². The van der Waals surface area contributed by atoms with Crippen molar-refractivity contribution < 1.29 is 0 Å². The molecule has 1 heteroatoms. The molecule has 0 saturated carbocycles. The highest BCUT2D eigenvalue weighted by Crippen LogP contribution is 2.67. The second-order valence-electron chi connectivity index (χ2n) is 18.0. The third-order valence-corrected chi connectivity index (χ3v) is 14.3. The van der Waals surface area contributed by atoms with E-state index in [2.05, 4.69) is 236 Å². The Morgan fingerprint density at radius 1 is 0.492 bits per heavy atom. The zero-order valence-electron chi connectivity index (χ0n) is 35.7. The van der Waals surface area contributed by atoms with E-state index in [1.807, 2.05) is 0 Å². The number of hydrogen-bond acceptors (Lipinski definition) is 1. The lowest BCUT2D eigenvalue weighted by atomic mass is 9.62. The van der Waals surface area contributed by atoms with Gasteiger partial charge < -0.3 is 4.90 Å². The maximum Gasteiger partial charge on any atom is 0.0501 e. The standard InChI is InChI=1S/C62H49N/c1-42-29-32-55-54-27-14-15-28-58(54)62(59(55)35-42)60-40-47(50-37-48(44-19-8-3-9-20-44)36-49(38-50)45-21-10-4-11-22-45)30-33-56(60)57-34-31-53(41-61(57)62)63(51-24-12-5-13-25-51)52-26-16-23-46(39-52)43-17-6-2-7-18-43/h3-6,8-34,36-42,56,60H,2,7,35H2,1H3. The van der Waals surface area contributed by atoms with Crippen molar-refractivity contribution in [3.63, 3.8) is 0 Å². The Kier molecular flexibility index (Phi) is 9.11. The van der Waals surface area contributed by atoms with E-state index >= 15 is 0 Å². The van der Waals surface area contributed by atoms with Crippen molar-refractivity contribution in [2.75, 3.05) is 4.90 Å². The highest BCUT2D eigenvalue weighted by molar-refractivity contribution is 5.93. The maximum atomic E-state index is 2.67. The summed E-state index contributed by atoms with van der Waals surface area (Å²) in [6, 6.07) is 65.7. The van der Waals surface area contributed by atoms with Crippen LogP contribution < -0.4 is 4.90 Å². The van der Waals surface area contributed by atoms with Gasteiger partial charge in [-0.1, -0.05) is 177 Å². The minimum Gasteiger partial charge on any atom is -0.310 e. The van der Waals surface area contributed by atoms with Crippen molar-refractivity contribution in [2.45, 2.75) is 37.5 Å². The second kappa shape index (κ2) is 15.3. The Balaban J connectivity index is 1.07. The van der Waals surface area contributed by atoms with Crippen molar-refractivity contribution >= 4 is 33.8 Å². The van der Waals surface area contributed by atoms with Gasteiger partial charge in [0.1, 0.15) is 0 Å². The smallest absolute Gasteiger partial charge is 0.0501 e. The van der Waals surface area contributed by atoms with Gasteiger partial charge in [-0.3, -0.25) is 0 Å². The Morgan fingerprint density at radius 3 is 1.90 bits per heavy atom. The summed E-state index contributed by atoms with van der Waals surface area (Å²) in [5, 5.41) is 0. The van der Waals surface area contributed by atoms with E-state index in [-0.39, 0.29) is 17.3 Å². The first-order chi connectivity index (χ1) is 31.1. The molecule has 4 atom stereocenters. The quantitative estimate of drug-likeness (QED) is 0.155. The van der Waals surface area contributed by atoms with Gasteiger partial charge in [0.2, 0.25) is 0 Å². The molecule has 7 aromatic carbocycles. The largest absolute Gasteiger partial charge is 0.310 e. The highest BCUT2D eigenvalue weighted by Gasteiger charge is 2.58. The summed E-state index contributed by atoms with van der Waals surface area (Å²) in [6.07, 6.45) is 22.7. The third kappa shape index (κ3) is 6.21. The predicted octanol–water partition coefficient (Wildman–Crippen LogP) is 16.2. The highest BCUT2D eigenvalue weighted by atomic mass is 15.1. The van der Waals surface area contributed by atoms with Crippen LogP contribution in [0.15, 0.2) is 230 Å². The van der Waals surface area contributed by atoms with E-state index in [0.717, 1.165) is 24.9 Å². The summed E-state index contributed by atoms with van der Waals surface area (Å²) in [6.45, 7) is 2.39. The molecular formula is C62H49N. The van der Waals surface area contributed by atoms with Crippen molar-refractivity contribution in [1.29, 1.82) is 0 Å². The van der Waals surface area contributed by atoms with Gasteiger partial charge in [-0.15, -0.1) is 0 Å². The Bertz CT molecular complexity index is 3050. The number of para-hydroxylation sites is 1. The summed E-state index contributed by atoms with van der Waals surface area (Å²) in [7, 11) is 0. The number of hydrogen-bond donors (Lipinski definition) is 0. The molecule has 63 heavy (non-hydrogen) atoms. The van der Waals surface area contributed by atoms with Gasteiger partial charge in [0.25, 0.3) is 0 Å². The molecule has 0 N–H and O–H groups in total. The first-order valence-corrected chi connectivity index (χ1v) is 22.8. The molecule has 0 heterocycles. The number of nitrogens with zero attached hydrogens (tertiary/aromatic N) is 1. The maximum absolute atomic E-state index is 2.67. The van der Waals surface area contributed by atoms with Crippen LogP contribution in [0, 0.1) is 11.8 Å². The van der Waals surface area contributed by atoms with E-state index in [9.17, 15) is 0 Å². The third-order valence-electron chi connectivity index (χ3n) is 14.3. The van der Waals surface area contributed by atoms with Crippen LogP contribution in [0.4, 0.5) is 17.1 Å². The van der Waals surface area contributed by atoms with Crippen molar-refractivity contribution in [2.24, 2.45) is 11.8 Å². The van der Waals surface area contributed by atoms with Gasteiger partial charge in [-0.2, -0.15) is 0 Å². The van der Waals surface area contributed by atoms with Gasteiger partial charge in [-0.05, 0) is 158 Å². The number of benzene rings is 7. The Morgan fingerprint density at radius 2 is 1.16 bits per heavy atom. The molecule has 0 saturated heterocycles. The van der Waals surface area contributed by atoms with Crippen LogP contribution in [0.1, 0.15) is 65.5 Å². The lowest BCUT2D eigenvalue weighted by Gasteiger charge is -2.40. The number of fused-ring (bicyclic) bond motifs is 9. The predicted molar refractivity (Wildman–Crippen MR) is 265 cm³/mol. The molecule has 0 aliphatic heterocycles. The van der Waals surface area contributed by atoms with Gasteiger partial charge in [-0.25, -0.2) is 0 Å². The Labute approximate surface area is 372 Å². The van der Waals surface area contributed by atoms with Crippen LogP contribution in [0.25, 0.3) is 39.0 Å². The van der Waals surface area contributed by atoms with Crippen molar-refractivity contribution in [1.82, 2.24) is 0 Å². The molecule has 0 radical (unpaired) electrons. The van der Waals surface area contributed by atoms with Crippen LogP contribution in [0.3, 0.4) is 0 Å². The number of allylic oxidation sites excluding steroid dienone is 12. The molecule has 302 valence electrons. The molecule has 5 aliphatic rings. The molecule has 0 fully saturated rings. The van der Waals surface area contributed by atoms with Crippen LogP contribution in [0.5, 0.6) is 0 Å². The summed E-state index contributed by atoms with van der Waals surface area (Å²) < 4.78 is 0. The average molecular weight is 808 g/mol. The number of anilines is 3. The summed E-state index contributed by atoms with van der Waals surface area (Å²) >= 11 is 0. The van der Waals surface area contributed by atoms with Gasteiger partial charge in [0, 0.05) is 28.9 Å². The molecule has 4 unspecified atom stereocenters. The molecule has 0 bridgehead atoms. The fraction of sp³-hybridized carbons (Fsp3) is 0.129.